The molecule has 2 aliphatic heterocycles. The monoisotopic (exact) mass is 422 g/mol. The minimum Gasteiger partial charge on any atom is -0.364 e. The summed E-state index contributed by atoms with van der Waals surface area (Å²) in [4.78, 5) is 53.3. The molecule has 0 aliphatic carbocycles. The molecule has 158 valence electrons. The number of allylic oxidation sites excluding steroid dienone is 1. The first kappa shape index (κ1) is 20.4. The highest BCUT2D eigenvalue weighted by molar-refractivity contribution is 6.05. The summed E-state index contributed by atoms with van der Waals surface area (Å²) in [5.74, 6) is -2.47. The molecule has 8 nitrogen and oxygen atoms in total. The van der Waals surface area contributed by atoms with Gasteiger partial charge in [-0.1, -0.05) is 18.2 Å². The Labute approximate surface area is 176 Å². The third-order valence-electron chi connectivity index (χ3n) is 5.41. The molecule has 9 heteroatoms. The Bertz CT molecular complexity index is 1140. The van der Waals surface area contributed by atoms with Crippen LogP contribution in [0.5, 0.6) is 0 Å². The smallest absolute Gasteiger partial charge is 0.267 e. The number of nitrogens with zero attached hydrogens (tertiary/aromatic N) is 2. The van der Waals surface area contributed by atoms with E-state index in [2.05, 4.69) is 10.3 Å². The van der Waals surface area contributed by atoms with E-state index < -0.39 is 23.7 Å². The number of rotatable bonds is 5. The molecule has 0 bridgehead atoms. The molecule has 2 aliphatic rings. The molecule has 3 heterocycles. The van der Waals surface area contributed by atoms with Crippen molar-refractivity contribution in [3.8, 4) is 0 Å². The summed E-state index contributed by atoms with van der Waals surface area (Å²) in [6.45, 7) is 0.139. The Morgan fingerprint density at radius 2 is 2.06 bits per heavy atom. The third kappa shape index (κ3) is 3.94. The van der Waals surface area contributed by atoms with Crippen LogP contribution in [-0.4, -0.2) is 39.6 Å². The lowest BCUT2D eigenvalue weighted by Gasteiger charge is -2.29. The number of amides is 4. The molecule has 31 heavy (non-hydrogen) atoms. The number of fused-ring (bicyclic) bond motifs is 1. The molecule has 4 rings (SSSR count). The topological polar surface area (TPSA) is 122 Å². The maximum absolute atomic E-state index is 14.8. The van der Waals surface area contributed by atoms with Gasteiger partial charge < -0.3 is 10.6 Å². The highest BCUT2D eigenvalue weighted by atomic mass is 19.1. The van der Waals surface area contributed by atoms with Crippen LogP contribution in [0.1, 0.15) is 50.4 Å². The molecule has 2 aromatic rings. The van der Waals surface area contributed by atoms with Gasteiger partial charge in [-0.2, -0.15) is 0 Å². The molecule has 1 atom stereocenters. The van der Waals surface area contributed by atoms with Crippen LogP contribution < -0.4 is 11.1 Å². The van der Waals surface area contributed by atoms with Crippen molar-refractivity contribution in [2.75, 3.05) is 0 Å². The number of imide groups is 1. The number of benzene rings is 1. The number of pyridine rings is 1. The largest absolute Gasteiger partial charge is 0.364 e. The molecular formula is C22H19FN4O4. The molecule has 1 aromatic carbocycles. The van der Waals surface area contributed by atoms with E-state index in [1.807, 2.05) is 0 Å². The number of piperidine rings is 1. The number of hydrogen-bond acceptors (Lipinski definition) is 5. The number of carbonyl (C=O) groups is 4. The van der Waals surface area contributed by atoms with Crippen LogP contribution in [-0.2, 0) is 22.6 Å². The fourth-order valence-electron chi connectivity index (χ4n) is 3.95. The van der Waals surface area contributed by atoms with Crippen molar-refractivity contribution in [3.05, 3.63) is 70.3 Å². The van der Waals surface area contributed by atoms with Gasteiger partial charge >= 0.3 is 0 Å². The average molecular weight is 422 g/mol. The molecule has 0 spiro atoms. The summed E-state index contributed by atoms with van der Waals surface area (Å²) in [6, 6.07) is 7.37. The van der Waals surface area contributed by atoms with Crippen LogP contribution >= 0.6 is 0 Å². The number of carbonyl (C=O) groups excluding carboxylic acids is 4. The maximum atomic E-state index is 14.8. The van der Waals surface area contributed by atoms with Gasteiger partial charge in [-0.3, -0.25) is 29.5 Å². The van der Waals surface area contributed by atoms with E-state index in [0.29, 0.717) is 22.3 Å². The van der Waals surface area contributed by atoms with Gasteiger partial charge in [0.25, 0.3) is 11.8 Å². The van der Waals surface area contributed by atoms with Crippen molar-refractivity contribution in [3.63, 3.8) is 0 Å². The molecule has 1 fully saturated rings. The van der Waals surface area contributed by atoms with Crippen LogP contribution in [0.4, 0.5) is 4.39 Å². The Morgan fingerprint density at radius 1 is 1.26 bits per heavy atom. The van der Waals surface area contributed by atoms with Gasteiger partial charge in [-0.25, -0.2) is 4.39 Å². The predicted octanol–water partition coefficient (Wildman–Crippen LogP) is 1.49. The lowest BCUT2D eigenvalue weighted by Crippen LogP contribution is -2.52. The summed E-state index contributed by atoms with van der Waals surface area (Å²) >= 11 is 0. The van der Waals surface area contributed by atoms with Crippen molar-refractivity contribution in [1.29, 1.82) is 0 Å². The number of hydrogen-bond donors (Lipinski definition) is 2. The molecule has 0 saturated carbocycles. The van der Waals surface area contributed by atoms with Gasteiger partial charge in [0.1, 0.15) is 17.6 Å². The van der Waals surface area contributed by atoms with E-state index in [1.165, 1.54) is 17.2 Å². The van der Waals surface area contributed by atoms with Gasteiger partial charge in [-0.05, 0) is 41.3 Å². The predicted molar refractivity (Wildman–Crippen MR) is 108 cm³/mol. The van der Waals surface area contributed by atoms with Gasteiger partial charge in [0.15, 0.2) is 0 Å². The van der Waals surface area contributed by atoms with Crippen LogP contribution in [0.3, 0.4) is 0 Å². The van der Waals surface area contributed by atoms with E-state index >= 15 is 0 Å². The third-order valence-corrected chi connectivity index (χ3v) is 5.41. The quantitative estimate of drug-likeness (QED) is 0.707. The van der Waals surface area contributed by atoms with Crippen LogP contribution in [0.25, 0.3) is 6.08 Å². The Kier molecular flexibility index (Phi) is 5.33. The fraction of sp³-hybridized carbons (Fsp3) is 0.227. The van der Waals surface area contributed by atoms with Crippen molar-refractivity contribution < 1.29 is 23.6 Å². The van der Waals surface area contributed by atoms with Crippen molar-refractivity contribution >= 4 is 29.7 Å². The van der Waals surface area contributed by atoms with E-state index in [4.69, 9.17) is 5.73 Å². The fourth-order valence-corrected chi connectivity index (χ4v) is 3.95. The first-order valence-electron chi connectivity index (χ1n) is 9.71. The Morgan fingerprint density at radius 3 is 2.81 bits per heavy atom. The summed E-state index contributed by atoms with van der Waals surface area (Å²) in [7, 11) is 0. The summed E-state index contributed by atoms with van der Waals surface area (Å²) < 4.78 is 14.8. The van der Waals surface area contributed by atoms with Crippen LogP contribution in [0.15, 0.2) is 42.4 Å². The Balaban J connectivity index is 1.60. The first-order chi connectivity index (χ1) is 14.8. The van der Waals surface area contributed by atoms with E-state index in [9.17, 15) is 23.6 Å². The number of nitrogens with one attached hydrogen (secondary N) is 1. The number of halogens is 1. The minimum absolute atomic E-state index is 0.00329. The SMILES string of the molecule is NC(=O)c1ncccc1CC(F)=Cc1cccc2c1CN(C1CCC(=O)NC1=O)C2=O. The summed E-state index contributed by atoms with van der Waals surface area (Å²) in [5.41, 5.74) is 7.16. The summed E-state index contributed by atoms with van der Waals surface area (Å²) in [6.07, 6.45) is 2.94. The van der Waals surface area contributed by atoms with Crippen molar-refractivity contribution in [1.82, 2.24) is 15.2 Å². The normalized spacial score (nSPS) is 18.7. The van der Waals surface area contributed by atoms with Crippen LogP contribution in [0, 0.1) is 0 Å². The first-order valence-corrected chi connectivity index (χ1v) is 9.71. The molecule has 1 unspecified atom stereocenters. The molecule has 3 N–H and O–H groups in total. The van der Waals surface area contributed by atoms with Gasteiger partial charge in [-0.15, -0.1) is 0 Å². The molecule has 1 saturated heterocycles. The van der Waals surface area contributed by atoms with Gasteiger partial charge in [0, 0.05) is 31.1 Å². The maximum Gasteiger partial charge on any atom is 0.267 e. The lowest BCUT2D eigenvalue weighted by molar-refractivity contribution is -0.136. The number of aromatic nitrogens is 1. The highest BCUT2D eigenvalue weighted by Gasteiger charge is 2.39. The van der Waals surface area contributed by atoms with Crippen molar-refractivity contribution in [2.45, 2.75) is 31.8 Å². The highest BCUT2D eigenvalue weighted by Crippen LogP contribution is 2.31. The number of nitrogens with two attached hydrogens (primary N) is 1. The molecule has 1 aromatic heterocycles. The van der Waals surface area contributed by atoms with Crippen LogP contribution in [0.2, 0.25) is 0 Å². The van der Waals surface area contributed by atoms with E-state index in [1.54, 1.807) is 30.3 Å². The zero-order valence-electron chi connectivity index (χ0n) is 16.4. The lowest BCUT2D eigenvalue weighted by atomic mass is 10.0. The zero-order chi connectivity index (χ0) is 22.1. The second-order valence-electron chi connectivity index (χ2n) is 7.42. The van der Waals surface area contributed by atoms with E-state index in [-0.39, 0.29) is 43.3 Å². The average Bonchev–Trinajstić information content (AvgIpc) is 3.06. The number of primary amides is 1. The van der Waals surface area contributed by atoms with Crippen molar-refractivity contribution in [2.24, 2.45) is 5.73 Å². The van der Waals surface area contributed by atoms with Gasteiger partial charge in [0.05, 0.1) is 0 Å². The second kappa shape index (κ2) is 8.10. The molecular weight excluding hydrogens is 403 g/mol. The molecule has 0 radical (unpaired) electrons. The standard InChI is InChI=1S/C22H19FN4O4/c23-14(10-13-4-2-8-25-19(13)20(24)29)9-12-3-1-5-15-16(12)11-27(22(15)31)17-6-7-18(28)26-21(17)30/h1-5,8-9,17H,6-7,10-11H2,(H2,24,29)(H,26,28,30). The Hall–Kier alpha value is -3.88. The van der Waals surface area contributed by atoms with Gasteiger partial charge in [0.2, 0.25) is 11.8 Å². The molecule has 4 amide bonds. The minimum atomic E-state index is -0.743. The van der Waals surface area contributed by atoms with E-state index in [0.717, 1.165) is 0 Å². The second-order valence-corrected chi connectivity index (χ2v) is 7.42. The summed E-state index contributed by atoms with van der Waals surface area (Å²) in [5, 5.41) is 2.25. The zero-order valence-corrected chi connectivity index (χ0v) is 16.4.